The lowest BCUT2D eigenvalue weighted by Gasteiger charge is -2.27. The van der Waals surface area contributed by atoms with E-state index in [0.29, 0.717) is 11.1 Å². The summed E-state index contributed by atoms with van der Waals surface area (Å²) in [7, 11) is 0. The number of fused-ring (bicyclic) bond motifs is 1. The SMILES string of the molecule is O=C1CCC(N2C(=O)c3cccc(SCCCCCCCBr)c3C2=O)C(=O)N1. The number of piperidine rings is 1. The van der Waals surface area contributed by atoms with Crippen LogP contribution in [0.4, 0.5) is 0 Å². The highest BCUT2D eigenvalue weighted by molar-refractivity contribution is 9.09. The minimum atomic E-state index is -0.919. The molecule has 0 bridgehead atoms. The van der Waals surface area contributed by atoms with Gasteiger partial charge in [0.15, 0.2) is 0 Å². The van der Waals surface area contributed by atoms with Gasteiger partial charge in [0.2, 0.25) is 11.8 Å². The maximum atomic E-state index is 13.0. The zero-order valence-corrected chi connectivity index (χ0v) is 17.9. The van der Waals surface area contributed by atoms with Crippen molar-refractivity contribution >= 4 is 51.3 Å². The van der Waals surface area contributed by atoms with Crippen molar-refractivity contribution in [3.05, 3.63) is 29.3 Å². The lowest BCUT2D eigenvalue weighted by atomic mass is 10.0. The predicted molar refractivity (Wildman–Crippen MR) is 111 cm³/mol. The quantitative estimate of drug-likeness (QED) is 0.260. The van der Waals surface area contributed by atoms with Gasteiger partial charge >= 0.3 is 0 Å². The van der Waals surface area contributed by atoms with Crippen LogP contribution in [-0.2, 0) is 9.59 Å². The van der Waals surface area contributed by atoms with E-state index >= 15 is 0 Å². The van der Waals surface area contributed by atoms with E-state index in [0.717, 1.165) is 33.7 Å². The summed E-state index contributed by atoms with van der Waals surface area (Å²) >= 11 is 5.01. The molecular weight excluding hydrogens is 444 g/mol. The molecule has 4 amide bonds. The van der Waals surface area contributed by atoms with Crippen molar-refractivity contribution in [1.82, 2.24) is 10.2 Å². The van der Waals surface area contributed by atoms with E-state index in [1.807, 2.05) is 6.07 Å². The molecule has 0 aliphatic carbocycles. The number of alkyl halides is 1. The molecule has 0 spiro atoms. The topological polar surface area (TPSA) is 83.6 Å². The number of carbonyl (C=O) groups excluding carboxylic acids is 4. The van der Waals surface area contributed by atoms with Crippen LogP contribution < -0.4 is 5.32 Å². The maximum Gasteiger partial charge on any atom is 0.263 e. The number of amides is 4. The lowest BCUT2D eigenvalue weighted by molar-refractivity contribution is -0.136. The fourth-order valence-electron chi connectivity index (χ4n) is 3.51. The van der Waals surface area contributed by atoms with Gasteiger partial charge in [0.1, 0.15) is 6.04 Å². The molecule has 1 unspecified atom stereocenters. The van der Waals surface area contributed by atoms with Crippen molar-refractivity contribution < 1.29 is 19.2 Å². The molecular formula is C20H23BrN2O4S. The molecule has 2 heterocycles. The molecule has 1 N–H and O–H groups in total. The number of benzene rings is 1. The van der Waals surface area contributed by atoms with Crippen LogP contribution in [0.15, 0.2) is 23.1 Å². The first-order valence-electron chi connectivity index (χ1n) is 9.58. The molecule has 2 aliphatic rings. The van der Waals surface area contributed by atoms with E-state index in [9.17, 15) is 19.2 Å². The molecule has 1 aromatic carbocycles. The highest BCUT2D eigenvalue weighted by Gasteiger charge is 2.45. The van der Waals surface area contributed by atoms with Crippen LogP contribution in [0.1, 0.15) is 65.7 Å². The highest BCUT2D eigenvalue weighted by Crippen LogP contribution is 2.34. The van der Waals surface area contributed by atoms with E-state index in [1.165, 1.54) is 19.3 Å². The fraction of sp³-hybridized carbons (Fsp3) is 0.500. The summed E-state index contributed by atoms with van der Waals surface area (Å²) in [5.74, 6) is -0.958. The summed E-state index contributed by atoms with van der Waals surface area (Å²) in [4.78, 5) is 51.1. The lowest BCUT2D eigenvalue weighted by Crippen LogP contribution is -2.54. The largest absolute Gasteiger partial charge is 0.295 e. The van der Waals surface area contributed by atoms with Gasteiger partial charge < -0.3 is 0 Å². The van der Waals surface area contributed by atoms with Crippen LogP contribution in [0.25, 0.3) is 0 Å². The number of rotatable bonds is 9. The normalized spacial score (nSPS) is 19.2. The molecule has 1 fully saturated rings. The maximum absolute atomic E-state index is 13.0. The molecule has 3 rings (SSSR count). The Kier molecular flexibility index (Phi) is 7.29. The Bertz CT molecular complexity index is 798. The first-order valence-corrected chi connectivity index (χ1v) is 11.7. The Morgan fingerprint density at radius 1 is 1.04 bits per heavy atom. The molecule has 28 heavy (non-hydrogen) atoms. The van der Waals surface area contributed by atoms with Crippen LogP contribution in [0, 0.1) is 0 Å². The van der Waals surface area contributed by atoms with Crippen LogP contribution in [0.5, 0.6) is 0 Å². The van der Waals surface area contributed by atoms with Gasteiger partial charge in [0, 0.05) is 16.6 Å². The number of hydrogen-bond acceptors (Lipinski definition) is 5. The Morgan fingerprint density at radius 2 is 1.79 bits per heavy atom. The van der Waals surface area contributed by atoms with Gasteiger partial charge in [-0.15, -0.1) is 11.8 Å². The summed E-state index contributed by atoms with van der Waals surface area (Å²) < 4.78 is 0. The average molecular weight is 467 g/mol. The summed E-state index contributed by atoms with van der Waals surface area (Å²) in [6.45, 7) is 0. The number of nitrogens with zero attached hydrogens (tertiary/aromatic N) is 1. The van der Waals surface area contributed by atoms with E-state index < -0.39 is 23.8 Å². The number of carbonyl (C=O) groups is 4. The van der Waals surface area contributed by atoms with Gasteiger partial charge in [-0.1, -0.05) is 41.3 Å². The van der Waals surface area contributed by atoms with E-state index in [-0.39, 0.29) is 18.7 Å². The van der Waals surface area contributed by atoms with Crippen LogP contribution in [0.3, 0.4) is 0 Å². The predicted octanol–water partition coefficient (Wildman–Crippen LogP) is 3.53. The summed E-state index contributed by atoms with van der Waals surface area (Å²) in [6.07, 6.45) is 6.09. The standard InChI is InChI=1S/C20H23BrN2O4S/c21-11-4-2-1-3-5-12-28-15-8-6-7-13-17(15)20(27)23(19(13)26)14-9-10-16(24)22-18(14)25/h6-8,14H,1-5,9-12H2,(H,22,24,25). The number of nitrogens with one attached hydrogen (secondary N) is 1. The first kappa shape index (κ1) is 21.0. The second-order valence-electron chi connectivity index (χ2n) is 6.93. The summed E-state index contributed by atoms with van der Waals surface area (Å²) in [5, 5.41) is 3.26. The third-order valence-corrected chi connectivity index (χ3v) is 6.67. The van der Waals surface area contributed by atoms with Crippen molar-refractivity contribution in [2.75, 3.05) is 11.1 Å². The molecule has 150 valence electrons. The zero-order valence-electron chi connectivity index (χ0n) is 15.5. The average Bonchev–Trinajstić information content (AvgIpc) is 2.93. The minimum absolute atomic E-state index is 0.125. The van der Waals surface area contributed by atoms with E-state index in [4.69, 9.17) is 0 Å². The second-order valence-corrected chi connectivity index (χ2v) is 8.86. The molecule has 8 heteroatoms. The Morgan fingerprint density at radius 3 is 2.54 bits per heavy atom. The van der Waals surface area contributed by atoms with Crippen molar-refractivity contribution in [2.24, 2.45) is 0 Å². The zero-order chi connectivity index (χ0) is 20.1. The van der Waals surface area contributed by atoms with Crippen LogP contribution in [-0.4, -0.2) is 45.7 Å². The van der Waals surface area contributed by atoms with Gasteiger partial charge in [0.25, 0.3) is 11.8 Å². The molecule has 0 radical (unpaired) electrons. The molecule has 0 aromatic heterocycles. The third kappa shape index (κ3) is 4.49. The highest BCUT2D eigenvalue weighted by atomic mass is 79.9. The van der Waals surface area contributed by atoms with E-state index in [1.54, 1.807) is 23.9 Å². The molecule has 1 saturated heterocycles. The smallest absolute Gasteiger partial charge is 0.263 e. The van der Waals surface area contributed by atoms with Gasteiger partial charge in [-0.3, -0.25) is 29.4 Å². The van der Waals surface area contributed by atoms with E-state index in [2.05, 4.69) is 21.2 Å². The number of unbranched alkanes of at least 4 members (excludes halogenated alkanes) is 4. The number of hydrogen-bond donors (Lipinski definition) is 1. The fourth-order valence-corrected chi connectivity index (χ4v) is 4.99. The van der Waals surface area contributed by atoms with Crippen LogP contribution in [0.2, 0.25) is 0 Å². The van der Waals surface area contributed by atoms with Gasteiger partial charge in [-0.05, 0) is 37.1 Å². The summed E-state index contributed by atoms with van der Waals surface area (Å²) in [5.41, 5.74) is 0.735. The number of thioether (sulfide) groups is 1. The Balaban J connectivity index is 1.66. The molecule has 6 nitrogen and oxygen atoms in total. The van der Waals surface area contributed by atoms with Crippen molar-refractivity contribution in [1.29, 1.82) is 0 Å². The second kappa shape index (κ2) is 9.69. The third-order valence-electron chi connectivity index (χ3n) is 4.97. The van der Waals surface area contributed by atoms with Gasteiger partial charge in [-0.25, -0.2) is 0 Å². The Hall–Kier alpha value is -1.67. The minimum Gasteiger partial charge on any atom is -0.295 e. The first-order chi connectivity index (χ1) is 13.5. The Labute approximate surface area is 176 Å². The van der Waals surface area contributed by atoms with Crippen molar-refractivity contribution in [3.63, 3.8) is 0 Å². The van der Waals surface area contributed by atoms with Gasteiger partial charge in [0.05, 0.1) is 11.1 Å². The molecule has 1 aromatic rings. The monoisotopic (exact) mass is 466 g/mol. The van der Waals surface area contributed by atoms with Crippen molar-refractivity contribution in [2.45, 2.75) is 55.9 Å². The molecule has 2 aliphatic heterocycles. The molecule has 1 atom stereocenters. The number of imide groups is 2. The summed E-state index contributed by atoms with van der Waals surface area (Å²) in [6, 6.07) is 4.34. The van der Waals surface area contributed by atoms with Crippen LogP contribution >= 0.6 is 27.7 Å². The number of halogens is 1. The van der Waals surface area contributed by atoms with Gasteiger partial charge in [-0.2, -0.15) is 0 Å². The molecule has 0 saturated carbocycles. The van der Waals surface area contributed by atoms with Crippen molar-refractivity contribution in [3.8, 4) is 0 Å².